The summed E-state index contributed by atoms with van der Waals surface area (Å²) < 4.78 is 10.1. The van der Waals surface area contributed by atoms with Crippen LogP contribution in [0.15, 0.2) is 42.5 Å². The van der Waals surface area contributed by atoms with E-state index in [0.29, 0.717) is 6.54 Å². The topological polar surface area (TPSA) is 93.7 Å². The average Bonchev–Trinajstić information content (AvgIpc) is 2.73. The van der Waals surface area contributed by atoms with Crippen molar-refractivity contribution in [2.75, 3.05) is 20.3 Å². The van der Waals surface area contributed by atoms with Crippen LogP contribution in [0.1, 0.15) is 25.8 Å². The number of methoxy groups -OCH3 is 1. The highest BCUT2D eigenvalue weighted by atomic mass is 16.5. The maximum absolute atomic E-state index is 11.8. The van der Waals surface area contributed by atoms with Crippen LogP contribution in [0.5, 0.6) is 5.75 Å². The first-order valence-corrected chi connectivity index (χ1v) is 9.42. The second-order valence-electron chi connectivity index (χ2n) is 6.49. The van der Waals surface area contributed by atoms with Crippen molar-refractivity contribution in [2.45, 2.75) is 26.3 Å². The zero-order valence-electron chi connectivity index (χ0n) is 16.9. The number of ether oxygens (including phenoxy) is 2. The van der Waals surface area contributed by atoms with E-state index in [0.717, 1.165) is 28.5 Å². The lowest BCUT2D eigenvalue weighted by Gasteiger charge is -2.13. The van der Waals surface area contributed by atoms with E-state index >= 15 is 0 Å². The molecule has 0 aliphatic carbocycles. The van der Waals surface area contributed by atoms with E-state index in [9.17, 15) is 14.4 Å². The number of hydrogen-bond acceptors (Lipinski definition) is 5. The van der Waals surface area contributed by atoms with E-state index in [1.807, 2.05) is 43.3 Å². The molecule has 7 nitrogen and oxygen atoms in total. The molecule has 2 aromatic rings. The minimum Gasteiger partial charge on any atom is -0.497 e. The number of carbonyl (C=O) groups excluding carboxylic acids is 3. The fourth-order valence-corrected chi connectivity index (χ4v) is 2.57. The molecule has 0 saturated carbocycles. The van der Waals surface area contributed by atoms with Crippen LogP contribution in [0.4, 0.5) is 0 Å². The van der Waals surface area contributed by atoms with Crippen molar-refractivity contribution in [3.63, 3.8) is 0 Å². The summed E-state index contributed by atoms with van der Waals surface area (Å²) in [5.41, 5.74) is 0.824. The van der Waals surface area contributed by atoms with Crippen molar-refractivity contribution in [1.29, 1.82) is 0 Å². The molecule has 1 atom stereocenters. The van der Waals surface area contributed by atoms with Gasteiger partial charge in [-0.3, -0.25) is 9.59 Å². The number of carbonyl (C=O) groups is 3. The third-order valence-corrected chi connectivity index (χ3v) is 4.15. The van der Waals surface area contributed by atoms with Crippen LogP contribution in [-0.2, 0) is 19.1 Å². The van der Waals surface area contributed by atoms with Gasteiger partial charge in [0.2, 0.25) is 5.91 Å². The van der Waals surface area contributed by atoms with Gasteiger partial charge in [0, 0.05) is 12.6 Å². The predicted molar refractivity (Wildman–Crippen MR) is 111 cm³/mol. The molecule has 2 rings (SSSR count). The van der Waals surface area contributed by atoms with E-state index in [1.165, 1.54) is 6.08 Å². The number of amides is 2. The summed E-state index contributed by atoms with van der Waals surface area (Å²) in [7, 11) is 1.62. The van der Waals surface area contributed by atoms with E-state index in [1.54, 1.807) is 20.1 Å². The summed E-state index contributed by atoms with van der Waals surface area (Å²) >= 11 is 0. The molecule has 0 saturated heterocycles. The van der Waals surface area contributed by atoms with Crippen LogP contribution >= 0.6 is 0 Å². The van der Waals surface area contributed by atoms with Crippen molar-refractivity contribution in [2.24, 2.45) is 0 Å². The first kappa shape index (κ1) is 21.9. The molecule has 29 heavy (non-hydrogen) atoms. The van der Waals surface area contributed by atoms with Crippen LogP contribution < -0.4 is 15.4 Å². The van der Waals surface area contributed by atoms with Gasteiger partial charge < -0.3 is 20.1 Å². The molecule has 2 N–H and O–H groups in total. The van der Waals surface area contributed by atoms with Crippen molar-refractivity contribution in [3.8, 4) is 5.75 Å². The number of rotatable bonds is 9. The summed E-state index contributed by atoms with van der Waals surface area (Å²) in [6, 6.07) is 10.8. The van der Waals surface area contributed by atoms with E-state index < -0.39 is 24.5 Å². The summed E-state index contributed by atoms with van der Waals surface area (Å²) in [5, 5.41) is 7.20. The van der Waals surface area contributed by atoms with Crippen molar-refractivity contribution < 1.29 is 23.9 Å². The molecule has 0 radical (unpaired) electrons. The van der Waals surface area contributed by atoms with Gasteiger partial charge in [-0.2, -0.15) is 0 Å². The summed E-state index contributed by atoms with van der Waals surface area (Å²) in [4.78, 5) is 35.4. The van der Waals surface area contributed by atoms with Crippen molar-refractivity contribution >= 4 is 34.6 Å². The van der Waals surface area contributed by atoms with Gasteiger partial charge in [-0.25, -0.2) is 4.79 Å². The lowest BCUT2D eigenvalue weighted by molar-refractivity contribution is -0.144. The minimum atomic E-state index is -0.695. The van der Waals surface area contributed by atoms with Crippen LogP contribution in [0.25, 0.3) is 16.8 Å². The summed E-state index contributed by atoms with van der Waals surface area (Å²) in [6.45, 7) is 3.60. The van der Waals surface area contributed by atoms with Gasteiger partial charge in [0.25, 0.3) is 5.91 Å². The summed E-state index contributed by atoms with van der Waals surface area (Å²) in [5.74, 6) is -0.677. The SMILES string of the molecule is CCCNC(=O)[C@@H](C)NC(=O)COC(=O)/C=C/c1ccc2cc(OC)ccc2c1. The fraction of sp³-hybridized carbons (Fsp3) is 0.318. The second kappa shape index (κ2) is 10.8. The van der Waals surface area contributed by atoms with Crippen molar-refractivity contribution in [1.82, 2.24) is 10.6 Å². The molecule has 0 unspecified atom stereocenters. The Hall–Kier alpha value is -3.35. The molecule has 2 amide bonds. The second-order valence-corrected chi connectivity index (χ2v) is 6.49. The van der Waals surface area contributed by atoms with Crippen molar-refractivity contribution in [3.05, 3.63) is 48.0 Å². The molecule has 154 valence electrons. The Balaban J connectivity index is 1.84. The van der Waals surface area contributed by atoms with Gasteiger partial charge >= 0.3 is 5.97 Å². The minimum absolute atomic E-state index is 0.277. The molecule has 7 heteroatoms. The monoisotopic (exact) mass is 398 g/mol. The van der Waals surface area contributed by atoms with Gasteiger partial charge in [-0.15, -0.1) is 0 Å². The molecular formula is C22H26N2O5. The molecule has 0 bridgehead atoms. The standard InChI is InChI=1S/C22H26N2O5/c1-4-11-23-22(27)15(2)24-20(25)14-29-21(26)10-6-16-5-7-18-13-19(28-3)9-8-17(18)12-16/h5-10,12-13,15H,4,11,14H2,1-3H3,(H,23,27)(H,24,25)/b10-6+/t15-/m1/s1. The summed E-state index contributed by atoms with van der Waals surface area (Å²) in [6.07, 6.45) is 3.68. The van der Waals surface area contributed by atoms with Crippen LogP contribution in [0.3, 0.4) is 0 Å². The maximum atomic E-state index is 11.8. The van der Waals surface area contributed by atoms with E-state index in [-0.39, 0.29) is 5.91 Å². The molecule has 0 spiro atoms. The molecule has 2 aromatic carbocycles. The zero-order chi connectivity index (χ0) is 21.2. The molecule has 0 aliphatic rings. The maximum Gasteiger partial charge on any atom is 0.331 e. The number of esters is 1. The molecule has 0 fully saturated rings. The zero-order valence-corrected chi connectivity index (χ0v) is 16.9. The van der Waals surface area contributed by atoms with Gasteiger partial charge in [0.15, 0.2) is 6.61 Å². The Morgan fingerprint density at radius 3 is 2.55 bits per heavy atom. The van der Waals surface area contributed by atoms with Gasteiger partial charge in [-0.05, 0) is 54.0 Å². The highest BCUT2D eigenvalue weighted by Gasteiger charge is 2.15. The average molecular weight is 398 g/mol. The van der Waals surface area contributed by atoms with Crippen LogP contribution in [-0.4, -0.2) is 44.1 Å². The Labute approximate surface area is 170 Å². The third kappa shape index (κ3) is 6.95. The molecule has 0 heterocycles. The number of nitrogens with one attached hydrogen (secondary N) is 2. The van der Waals surface area contributed by atoms with E-state index in [4.69, 9.17) is 9.47 Å². The number of fused-ring (bicyclic) bond motifs is 1. The lowest BCUT2D eigenvalue weighted by atomic mass is 10.1. The Kier molecular flexibility index (Phi) is 8.21. The molecular weight excluding hydrogens is 372 g/mol. The first-order valence-electron chi connectivity index (χ1n) is 9.42. The Bertz CT molecular complexity index is 907. The number of benzene rings is 2. The lowest BCUT2D eigenvalue weighted by Crippen LogP contribution is -2.46. The fourth-order valence-electron chi connectivity index (χ4n) is 2.57. The van der Waals surface area contributed by atoms with Gasteiger partial charge in [0.05, 0.1) is 7.11 Å². The van der Waals surface area contributed by atoms with Gasteiger partial charge in [0.1, 0.15) is 11.8 Å². The quantitative estimate of drug-likeness (QED) is 0.500. The molecule has 0 aliphatic heterocycles. The van der Waals surface area contributed by atoms with E-state index in [2.05, 4.69) is 10.6 Å². The number of hydrogen-bond donors (Lipinski definition) is 2. The highest BCUT2D eigenvalue weighted by Crippen LogP contribution is 2.22. The van der Waals surface area contributed by atoms with Crippen LogP contribution in [0.2, 0.25) is 0 Å². The largest absolute Gasteiger partial charge is 0.497 e. The first-order chi connectivity index (χ1) is 13.9. The third-order valence-electron chi connectivity index (χ3n) is 4.15. The normalized spacial score (nSPS) is 11.8. The Morgan fingerprint density at radius 1 is 1.10 bits per heavy atom. The predicted octanol–water partition coefficient (Wildman–Crippen LogP) is 2.44. The van der Waals surface area contributed by atoms with Gasteiger partial charge in [-0.1, -0.05) is 25.1 Å². The molecule has 0 aromatic heterocycles. The Morgan fingerprint density at radius 2 is 1.83 bits per heavy atom. The van der Waals surface area contributed by atoms with Crippen LogP contribution in [0, 0.1) is 0 Å². The smallest absolute Gasteiger partial charge is 0.331 e. The highest BCUT2D eigenvalue weighted by molar-refractivity contribution is 5.92.